The first-order valence-corrected chi connectivity index (χ1v) is 7.58. The molecule has 2 rings (SSSR count). The summed E-state index contributed by atoms with van der Waals surface area (Å²) in [5.74, 6) is -0.183. The van der Waals surface area contributed by atoms with Crippen LogP contribution in [0.2, 0.25) is 0 Å². The highest BCUT2D eigenvalue weighted by Gasteiger charge is 2.14. The standard InChI is InChI=1S/C16H15BrN2OS/c1-9-5-3-8-13(14(9)15(18)21)19-16(20)11-6-4-7-12(17)10(11)2/h3-8H,1-2H3,(H2,18,21)(H,19,20). The first kappa shape index (κ1) is 15.7. The van der Waals surface area contributed by atoms with Gasteiger partial charge in [0, 0.05) is 15.6 Å². The number of rotatable bonds is 3. The summed E-state index contributed by atoms with van der Waals surface area (Å²) in [6.07, 6.45) is 0. The fourth-order valence-corrected chi connectivity index (χ4v) is 2.78. The third-order valence-corrected chi connectivity index (χ3v) is 4.34. The number of nitrogens with two attached hydrogens (primary N) is 1. The number of amides is 1. The molecule has 0 saturated heterocycles. The van der Waals surface area contributed by atoms with Crippen LogP contribution in [0.25, 0.3) is 0 Å². The van der Waals surface area contributed by atoms with Crippen molar-refractivity contribution in [3.05, 3.63) is 63.1 Å². The van der Waals surface area contributed by atoms with E-state index in [1.807, 2.05) is 38.1 Å². The summed E-state index contributed by atoms with van der Waals surface area (Å²) in [6, 6.07) is 11.1. The second-order valence-corrected chi connectivity index (χ2v) is 6.02. The van der Waals surface area contributed by atoms with Gasteiger partial charge in [-0.15, -0.1) is 0 Å². The zero-order valence-corrected chi connectivity index (χ0v) is 14.1. The predicted octanol–water partition coefficient (Wildman–Crippen LogP) is 3.95. The molecule has 0 bridgehead atoms. The zero-order chi connectivity index (χ0) is 15.6. The van der Waals surface area contributed by atoms with Crippen molar-refractivity contribution in [2.75, 3.05) is 5.32 Å². The van der Waals surface area contributed by atoms with E-state index in [1.165, 1.54) is 0 Å². The van der Waals surface area contributed by atoms with Crippen LogP contribution in [0.4, 0.5) is 5.69 Å². The molecule has 3 nitrogen and oxygen atoms in total. The van der Waals surface area contributed by atoms with Crippen LogP contribution >= 0.6 is 28.1 Å². The van der Waals surface area contributed by atoms with E-state index in [9.17, 15) is 4.79 Å². The van der Waals surface area contributed by atoms with Crippen LogP contribution in [0.15, 0.2) is 40.9 Å². The predicted molar refractivity (Wildman–Crippen MR) is 93.9 cm³/mol. The first-order valence-electron chi connectivity index (χ1n) is 6.37. The van der Waals surface area contributed by atoms with Crippen molar-refractivity contribution in [2.24, 2.45) is 5.73 Å². The third kappa shape index (κ3) is 3.31. The van der Waals surface area contributed by atoms with Crippen molar-refractivity contribution in [3.8, 4) is 0 Å². The van der Waals surface area contributed by atoms with Crippen molar-refractivity contribution in [1.29, 1.82) is 0 Å². The van der Waals surface area contributed by atoms with Crippen molar-refractivity contribution in [3.63, 3.8) is 0 Å². The Bertz CT molecular complexity index is 728. The van der Waals surface area contributed by atoms with Gasteiger partial charge < -0.3 is 11.1 Å². The number of halogens is 1. The van der Waals surface area contributed by atoms with E-state index in [2.05, 4.69) is 21.2 Å². The Balaban J connectivity index is 2.39. The topological polar surface area (TPSA) is 55.1 Å². The average molecular weight is 363 g/mol. The van der Waals surface area contributed by atoms with Gasteiger partial charge in [0.25, 0.3) is 5.91 Å². The summed E-state index contributed by atoms with van der Waals surface area (Å²) in [5.41, 5.74) is 9.53. The Labute approximate surface area is 137 Å². The molecule has 1 amide bonds. The largest absolute Gasteiger partial charge is 0.389 e. The van der Waals surface area contributed by atoms with Gasteiger partial charge in [0.1, 0.15) is 4.99 Å². The van der Waals surface area contributed by atoms with Gasteiger partial charge in [-0.2, -0.15) is 0 Å². The van der Waals surface area contributed by atoms with Crippen LogP contribution in [-0.2, 0) is 0 Å². The molecule has 0 spiro atoms. The molecule has 0 aliphatic heterocycles. The highest BCUT2D eigenvalue weighted by atomic mass is 79.9. The summed E-state index contributed by atoms with van der Waals surface area (Å²) < 4.78 is 0.897. The fourth-order valence-electron chi connectivity index (χ4n) is 2.14. The second-order valence-electron chi connectivity index (χ2n) is 4.73. The number of hydrogen-bond donors (Lipinski definition) is 2. The van der Waals surface area contributed by atoms with Gasteiger partial charge >= 0.3 is 0 Å². The Morgan fingerprint density at radius 1 is 1.19 bits per heavy atom. The maximum Gasteiger partial charge on any atom is 0.255 e. The average Bonchev–Trinajstić information content (AvgIpc) is 2.41. The summed E-state index contributed by atoms with van der Waals surface area (Å²) in [7, 11) is 0. The lowest BCUT2D eigenvalue weighted by Gasteiger charge is -2.14. The van der Waals surface area contributed by atoms with Gasteiger partial charge in [-0.05, 0) is 43.2 Å². The van der Waals surface area contributed by atoms with Gasteiger partial charge in [0.05, 0.1) is 5.69 Å². The summed E-state index contributed by atoms with van der Waals surface area (Å²) in [6.45, 7) is 3.80. The maximum absolute atomic E-state index is 12.5. The molecule has 0 saturated carbocycles. The molecule has 0 aliphatic carbocycles. The van der Waals surface area contributed by atoms with Crippen molar-refractivity contribution < 1.29 is 4.79 Å². The normalized spacial score (nSPS) is 10.2. The van der Waals surface area contributed by atoms with E-state index in [0.29, 0.717) is 16.8 Å². The highest BCUT2D eigenvalue weighted by molar-refractivity contribution is 9.10. The number of thiocarbonyl (C=S) groups is 1. The Kier molecular flexibility index (Phi) is 4.75. The van der Waals surface area contributed by atoms with Crippen LogP contribution in [0.1, 0.15) is 27.0 Å². The summed E-state index contributed by atoms with van der Waals surface area (Å²) in [5, 5.41) is 2.89. The van der Waals surface area contributed by atoms with Crippen LogP contribution < -0.4 is 11.1 Å². The number of nitrogens with one attached hydrogen (secondary N) is 1. The molecular formula is C16H15BrN2OS. The number of aryl methyl sites for hydroxylation is 1. The number of anilines is 1. The van der Waals surface area contributed by atoms with E-state index in [4.69, 9.17) is 18.0 Å². The van der Waals surface area contributed by atoms with Crippen LogP contribution in [0.5, 0.6) is 0 Å². The molecule has 3 N–H and O–H groups in total. The van der Waals surface area contributed by atoms with Crippen LogP contribution in [-0.4, -0.2) is 10.9 Å². The molecule has 21 heavy (non-hydrogen) atoms. The number of benzene rings is 2. The first-order chi connectivity index (χ1) is 9.91. The molecule has 0 atom stereocenters. The van der Waals surface area contributed by atoms with E-state index in [0.717, 1.165) is 15.6 Å². The summed E-state index contributed by atoms with van der Waals surface area (Å²) in [4.78, 5) is 12.7. The summed E-state index contributed by atoms with van der Waals surface area (Å²) >= 11 is 8.50. The van der Waals surface area contributed by atoms with Gasteiger partial charge in [-0.25, -0.2) is 0 Å². The second kappa shape index (κ2) is 6.37. The van der Waals surface area contributed by atoms with E-state index < -0.39 is 0 Å². The molecular weight excluding hydrogens is 348 g/mol. The van der Waals surface area contributed by atoms with E-state index in [-0.39, 0.29) is 10.9 Å². The van der Waals surface area contributed by atoms with E-state index >= 15 is 0 Å². The van der Waals surface area contributed by atoms with Crippen molar-refractivity contribution in [1.82, 2.24) is 0 Å². The maximum atomic E-state index is 12.5. The number of carbonyl (C=O) groups is 1. The molecule has 0 radical (unpaired) electrons. The van der Waals surface area contributed by atoms with Crippen molar-refractivity contribution in [2.45, 2.75) is 13.8 Å². The lowest BCUT2D eigenvalue weighted by molar-refractivity contribution is 0.102. The Morgan fingerprint density at radius 2 is 1.86 bits per heavy atom. The van der Waals surface area contributed by atoms with E-state index in [1.54, 1.807) is 12.1 Å². The molecule has 0 aliphatic rings. The molecule has 0 aromatic heterocycles. The molecule has 0 fully saturated rings. The van der Waals surface area contributed by atoms with Gasteiger partial charge in [0.15, 0.2) is 0 Å². The monoisotopic (exact) mass is 362 g/mol. The number of carbonyl (C=O) groups excluding carboxylic acids is 1. The zero-order valence-electron chi connectivity index (χ0n) is 11.7. The quantitative estimate of drug-likeness (QED) is 0.812. The molecule has 108 valence electrons. The molecule has 2 aromatic rings. The third-order valence-electron chi connectivity index (χ3n) is 3.28. The van der Waals surface area contributed by atoms with Crippen LogP contribution in [0.3, 0.4) is 0 Å². The lowest BCUT2D eigenvalue weighted by Crippen LogP contribution is -2.19. The number of hydrogen-bond acceptors (Lipinski definition) is 2. The Hall–Kier alpha value is -1.72. The molecule has 0 heterocycles. The minimum atomic E-state index is -0.183. The lowest BCUT2D eigenvalue weighted by atomic mass is 10.0. The van der Waals surface area contributed by atoms with Crippen LogP contribution in [0, 0.1) is 13.8 Å². The SMILES string of the molecule is Cc1cccc(NC(=O)c2cccc(Br)c2C)c1C(N)=S. The smallest absolute Gasteiger partial charge is 0.255 e. The van der Waals surface area contributed by atoms with Gasteiger partial charge in [-0.1, -0.05) is 46.3 Å². The minimum Gasteiger partial charge on any atom is -0.389 e. The minimum absolute atomic E-state index is 0.183. The molecule has 5 heteroatoms. The molecule has 0 unspecified atom stereocenters. The Morgan fingerprint density at radius 3 is 2.52 bits per heavy atom. The highest BCUT2D eigenvalue weighted by Crippen LogP contribution is 2.23. The molecule has 2 aromatic carbocycles. The fraction of sp³-hybridized carbons (Fsp3) is 0.125. The van der Waals surface area contributed by atoms with Gasteiger partial charge in [-0.3, -0.25) is 4.79 Å². The van der Waals surface area contributed by atoms with Gasteiger partial charge in [0.2, 0.25) is 0 Å². The van der Waals surface area contributed by atoms with Crippen molar-refractivity contribution >= 4 is 44.7 Å².